The first-order valence-corrected chi connectivity index (χ1v) is 8.63. The molecule has 0 bridgehead atoms. The van der Waals surface area contributed by atoms with Gasteiger partial charge in [-0.2, -0.15) is 10.5 Å². The fourth-order valence-corrected chi connectivity index (χ4v) is 2.60. The van der Waals surface area contributed by atoms with E-state index in [9.17, 15) is 14.7 Å². The number of aliphatic hydroxyl groups excluding tert-OH is 1. The third kappa shape index (κ3) is 7.21. The maximum Gasteiger partial charge on any atom is 0.243 e. The quantitative estimate of drug-likeness (QED) is 0.478. The minimum atomic E-state index is -0.961. The highest BCUT2D eigenvalue weighted by Crippen LogP contribution is 2.13. The molecule has 0 spiro atoms. The molecule has 1 aromatic carbocycles. The normalized spacial score (nSPS) is 12.2. The molecular weight excluding hydrogens is 344 g/mol. The SMILES string of the molecule is CC(=O)NC(CC(C)C)C(=O)N[C@@H](Cc1ccccc1)C(O)=C(C#N)C#N. The van der Waals surface area contributed by atoms with Crippen molar-refractivity contribution in [1.29, 1.82) is 10.5 Å². The van der Waals surface area contributed by atoms with Crippen LogP contribution in [-0.4, -0.2) is 29.0 Å². The van der Waals surface area contributed by atoms with E-state index in [0.29, 0.717) is 6.42 Å². The highest BCUT2D eigenvalue weighted by molar-refractivity contribution is 5.87. The summed E-state index contributed by atoms with van der Waals surface area (Å²) in [5.41, 5.74) is 0.348. The molecular formula is C20H24N4O3. The summed E-state index contributed by atoms with van der Waals surface area (Å²) in [5, 5.41) is 33.7. The van der Waals surface area contributed by atoms with Gasteiger partial charge in [0.2, 0.25) is 11.8 Å². The molecule has 1 rings (SSSR count). The summed E-state index contributed by atoms with van der Waals surface area (Å²) in [6.45, 7) is 5.16. The molecule has 0 fully saturated rings. The summed E-state index contributed by atoms with van der Waals surface area (Å²) in [7, 11) is 0. The van der Waals surface area contributed by atoms with Gasteiger partial charge >= 0.3 is 0 Å². The Morgan fingerprint density at radius 3 is 2.15 bits per heavy atom. The number of aliphatic hydroxyl groups is 1. The molecule has 142 valence electrons. The van der Waals surface area contributed by atoms with Gasteiger partial charge in [0.25, 0.3) is 0 Å². The monoisotopic (exact) mass is 368 g/mol. The molecule has 2 atom stereocenters. The van der Waals surface area contributed by atoms with Crippen LogP contribution in [0.2, 0.25) is 0 Å². The Hall–Kier alpha value is -3.32. The van der Waals surface area contributed by atoms with Crippen molar-refractivity contribution in [2.24, 2.45) is 5.92 Å². The first-order chi connectivity index (χ1) is 12.8. The van der Waals surface area contributed by atoms with Crippen LogP contribution in [0, 0.1) is 28.6 Å². The van der Waals surface area contributed by atoms with E-state index < -0.39 is 29.3 Å². The van der Waals surface area contributed by atoms with Crippen molar-refractivity contribution in [3.63, 3.8) is 0 Å². The third-order valence-corrected chi connectivity index (χ3v) is 3.81. The lowest BCUT2D eigenvalue weighted by Gasteiger charge is -2.24. The topological polar surface area (TPSA) is 126 Å². The van der Waals surface area contributed by atoms with E-state index in [4.69, 9.17) is 10.5 Å². The number of benzene rings is 1. The number of carbonyl (C=O) groups excluding carboxylic acids is 2. The van der Waals surface area contributed by atoms with Crippen molar-refractivity contribution in [3.05, 3.63) is 47.2 Å². The number of nitrogens with zero attached hydrogens (tertiary/aromatic N) is 2. The number of hydrogen-bond acceptors (Lipinski definition) is 5. The number of carbonyl (C=O) groups is 2. The lowest BCUT2D eigenvalue weighted by molar-refractivity contribution is -0.128. The van der Waals surface area contributed by atoms with E-state index in [1.807, 2.05) is 44.2 Å². The van der Waals surface area contributed by atoms with Gasteiger partial charge in [-0.25, -0.2) is 0 Å². The predicted molar refractivity (Wildman–Crippen MR) is 100 cm³/mol. The second-order valence-electron chi connectivity index (χ2n) is 6.62. The van der Waals surface area contributed by atoms with E-state index in [2.05, 4.69) is 10.6 Å². The molecule has 3 N–H and O–H groups in total. The van der Waals surface area contributed by atoms with Crippen LogP contribution >= 0.6 is 0 Å². The largest absolute Gasteiger partial charge is 0.508 e. The predicted octanol–water partition coefficient (Wildman–Crippen LogP) is 2.12. The second kappa shape index (κ2) is 10.6. The van der Waals surface area contributed by atoms with E-state index in [0.717, 1.165) is 5.56 Å². The van der Waals surface area contributed by atoms with E-state index in [-0.39, 0.29) is 18.2 Å². The first-order valence-electron chi connectivity index (χ1n) is 8.63. The van der Waals surface area contributed by atoms with Crippen LogP contribution in [0.25, 0.3) is 0 Å². The number of nitriles is 2. The number of allylic oxidation sites excluding steroid dienone is 1. The lowest BCUT2D eigenvalue weighted by atomic mass is 9.99. The van der Waals surface area contributed by atoms with Crippen LogP contribution in [0.15, 0.2) is 41.7 Å². The summed E-state index contributed by atoms with van der Waals surface area (Å²) in [6, 6.07) is 10.6. The van der Waals surface area contributed by atoms with Gasteiger partial charge < -0.3 is 15.7 Å². The number of rotatable bonds is 8. The minimum absolute atomic E-state index is 0.151. The van der Waals surface area contributed by atoms with Crippen LogP contribution in [0.5, 0.6) is 0 Å². The number of hydrogen-bond donors (Lipinski definition) is 3. The molecule has 0 heterocycles. The fourth-order valence-electron chi connectivity index (χ4n) is 2.60. The van der Waals surface area contributed by atoms with Crippen molar-refractivity contribution in [2.45, 2.75) is 45.7 Å². The van der Waals surface area contributed by atoms with Crippen molar-refractivity contribution < 1.29 is 14.7 Å². The Bertz CT molecular complexity index is 757. The van der Waals surface area contributed by atoms with Crippen LogP contribution < -0.4 is 10.6 Å². The van der Waals surface area contributed by atoms with Crippen molar-refractivity contribution in [1.82, 2.24) is 10.6 Å². The molecule has 0 aromatic heterocycles. The molecule has 0 radical (unpaired) electrons. The molecule has 0 aliphatic carbocycles. The Balaban J connectivity index is 3.13. The smallest absolute Gasteiger partial charge is 0.243 e. The average molecular weight is 368 g/mol. The summed E-state index contributed by atoms with van der Waals surface area (Å²) in [5.74, 6) is -1.17. The summed E-state index contributed by atoms with van der Waals surface area (Å²) in [4.78, 5) is 24.1. The molecule has 1 unspecified atom stereocenters. The van der Waals surface area contributed by atoms with E-state index >= 15 is 0 Å². The Kier molecular flexibility index (Phi) is 8.55. The van der Waals surface area contributed by atoms with Gasteiger partial charge in [0.05, 0.1) is 6.04 Å². The van der Waals surface area contributed by atoms with Gasteiger partial charge in [-0.05, 0) is 24.3 Å². The Morgan fingerprint density at radius 1 is 1.07 bits per heavy atom. The van der Waals surface area contributed by atoms with E-state index in [1.54, 1.807) is 12.1 Å². The maximum atomic E-state index is 12.7. The highest BCUT2D eigenvalue weighted by Gasteiger charge is 2.26. The standard InChI is InChI=1S/C20H24N4O3/c1-13(2)9-18(23-14(3)25)20(27)24-17(19(26)16(11-21)12-22)10-15-7-5-4-6-8-15/h4-8,13,17-18,26H,9-10H2,1-3H3,(H,23,25)(H,24,27)/t17-,18?/m0/s1. The Morgan fingerprint density at radius 2 is 1.67 bits per heavy atom. The van der Waals surface area contributed by atoms with Gasteiger partial charge in [0.15, 0.2) is 5.57 Å². The zero-order valence-corrected chi connectivity index (χ0v) is 15.7. The molecule has 1 aromatic rings. The molecule has 0 aliphatic heterocycles. The average Bonchev–Trinajstić information content (AvgIpc) is 2.61. The van der Waals surface area contributed by atoms with Crippen molar-refractivity contribution >= 4 is 11.8 Å². The van der Waals surface area contributed by atoms with Gasteiger partial charge in [-0.3, -0.25) is 9.59 Å². The van der Waals surface area contributed by atoms with E-state index in [1.165, 1.54) is 6.92 Å². The van der Waals surface area contributed by atoms with Gasteiger partial charge in [0, 0.05) is 6.92 Å². The molecule has 2 amide bonds. The highest BCUT2D eigenvalue weighted by atomic mass is 16.3. The molecule has 7 heteroatoms. The molecule has 27 heavy (non-hydrogen) atoms. The van der Waals surface area contributed by atoms with Gasteiger partial charge in [0.1, 0.15) is 23.9 Å². The molecule has 0 saturated carbocycles. The summed E-state index contributed by atoms with van der Waals surface area (Å²) >= 11 is 0. The summed E-state index contributed by atoms with van der Waals surface area (Å²) in [6.07, 6.45) is 0.608. The maximum absolute atomic E-state index is 12.7. The van der Waals surface area contributed by atoms with Gasteiger partial charge in [-0.15, -0.1) is 0 Å². The number of amides is 2. The third-order valence-electron chi connectivity index (χ3n) is 3.81. The molecule has 0 aliphatic rings. The minimum Gasteiger partial charge on any atom is -0.508 e. The van der Waals surface area contributed by atoms with Crippen molar-refractivity contribution in [2.75, 3.05) is 0 Å². The second-order valence-corrected chi connectivity index (χ2v) is 6.62. The number of nitrogens with one attached hydrogen (secondary N) is 2. The molecule has 7 nitrogen and oxygen atoms in total. The van der Waals surface area contributed by atoms with Gasteiger partial charge in [-0.1, -0.05) is 44.2 Å². The summed E-state index contributed by atoms with van der Waals surface area (Å²) < 4.78 is 0. The van der Waals surface area contributed by atoms with Crippen LogP contribution in [-0.2, 0) is 16.0 Å². The zero-order valence-electron chi connectivity index (χ0n) is 15.7. The zero-order chi connectivity index (χ0) is 20.4. The van der Waals surface area contributed by atoms with Crippen LogP contribution in [0.1, 0.15) is 32.8 Å². The fraction of sp³-hybridized carbons (Fsp3) is 0.400. The lowest BCUT2D eigenvalue weighted by Crippen LogP contribution is -2.50. The Labute approximate surface area is 159 Å². The van der Waals surface area contributed by atoms with Crippen molar-refractivity contribution in [3.8, 4) is 12.1 Å². The first kappa shape index (κ1) is 21.7. The molecule has 0 saturated heterocycles. The van der Waals surface area contributed by atoms with Crippen LogP contribution in [0.4, 0.5) is 0 Å². The van der Waals surface area contributed by atoms with Crippen LogP contribution in [0.3, 0.4) is 0 Å².